The van der Waals surface area contributed by atoms with Gasteiger partial charge in [-0.3, -0.25) is 4.79 Å². The van der Waals surface area contributed by atoms with E-state index in [2.05, 4.69) is 16.8 Å². The highest BCUT2D eigenvalue weighted by atomic mass is 32.1. The summed E-state index contributed by atoms with van der Waals surface area (Å²) in [5.41, 5.74) is 1.14. The highest BCUT2D eigenvalue weighted by Crippen LogP contribution is 2.35. The number of thiophene rings is 1. The summed E-state index contributed by atoms with van der Waals surface area (Å²) in [5, 5.41) is 5.00. The molecule has 2 aromatic rings. The third-order valence-corrected chi connectivity index (χ3v) is 6.94. The maximum atomic E-state index is 13.4. The number of benzene rings is 1. The molecule has 172 valence electrons. The second kappa shape index (κ2) is 10.3. The fourth-order valence-corrected chi connectivity index (χ4v) is 4.99. The fourth-order valence-electron chi connectivity index (χ4n) is 4.06. The molecule has 2 heterocycles. The minimum absolute atomic E-state index is 0.0281. The lowest BCUT2D eigenvalue weighted by atomic mass is 10.0. The largest absolute Gasteiger partial charge is 0.497 e. The Morgan fingerprint density at radius 3 is 2.81 bits per heavy atom. The number of nitrogens with one attached hydrogen (secondary N) is 1. The van der Waals surface area contributed by atoms with Gasteiger partial charge in [-0.15, -0.1) is 11.3 Å². The van der Waals surface area contributed by atoms with Crippen molar-refractivity contribution in [3.05, 3.63) is 46.2 Å². The number of fused-ring (bicyclic) bond motifs is 1. The molecule has 8 heteroatoms. The number of amides is 3. The lowest BCUT2D eigenvalue weighted by molar-refractivity contribution is -0.135. The number of rotatable bonds is 9. The molecule has 0 spiro atoms. The quantitative estimate of drug-likeness (QED) is 0.621. The van der Waals surface area contributed by atoms with Crippen molar-refractivity contribution in [2.45, 2.75) is 44.7 Å². The lowest BCUT2D eigenvalue weighted by Crippen LogP contribution is -2.50. The molecular weight excluding hydrogens is 426 g/mol. The van der Waals surface area contributed by atoms with E-state index in [4.69, 9.17) is 9.47 Å². The van der Waals surface area contributed by atoms with Crippen molar-refractivity contribution in [3.8, 4) is 11.5 Å². The van der Waals surface area contributed by atoms with Crippen LogP contribution in [-0.2, 0) is 11.2 Å². The van der Waals surface area contributed by atoms with Crippen LogP contribution in [0.15, 0.2) is 35.7 Å². The molecule has 32 heavy (non-hydrogen) atoms. The SMILES string of the molecule is CCCNC(=O)N(CC(=O)N1CCc2sccc2[C@@H]1COc1cccc(OC)c1)C1CC1. The second-order valence-electron chi connectivity index (χ2n) is 8.23. The van der Waals surface area contributed by atoms with Gasteiger partial charge in [0.1, 0.15) is 24.7 Å². The van der Waals surface area contributed by atoms with Gasteiger partial charge in [-0.1, -0.05) is 13.0 Å². The van der Waals surface area contributed by atoms with Crippen molar-refractivity contribution in [2.24, 2.45) is 0 Å². The summed E-state index contributed by atoms with van der Waals surface area (Å²) in [5.74, 6) is 1.41. The van der Waals surface area contributed by atoms with Crippen molar-refractivity contribution < 1.29 is 19.1 Å². The van der Waals surface area contributed by atoms with Gasteiger partial charge in [0.2, 0.25) is 5.91 Å². The third kappa shape index (κ3) is 5.18. The van der Waals surface area contributed by atoms with E-state index in [1.807, 2.05) is 36.1 Å². The van der Waals surface area contributed by atoms with Crippen LogP contribution in [0.2, 0.25) is 0 Å². The van der Waals surface area contributed by atoms with Gasteiger partial charge in [-0.2, -0.15) is 0 Å². The number of carbonyl (C=O) groups is 2. The summed E-state index contributed by atoms with van der Waals surface area (Å²) < 4.78 is 11.4. The van der Waals surface area contributed by atoms with Crippen LogP contribution in [0.1, 0.15) is 42.7 Å². The monoisotopic (exact) mass is 457 g/mol. The molecule has 1 fully saturated rings. The van der Waals surface area contributed by atoms with Crippen LogP contribution in [0, 0.1) is 0 Å². The first kappa shape index (κ1) is 22.5. The molecule has 0 saturated heterocycles. The molecule has 7 nitrogen and oxygen atoms in total. The van der Waals surface area contributed by atoms with Crippen molar-refractivity contribution in [2.75, 3.05) is 33.4 Å². The standard InChI is InChI=1S/C24H31N3O4S/c1-3-11-25-24(29)27(17-7-8-17)15-23(28)26-12-9-22-20(10-13-32-22)21(26)16-31-19-6-4-5-18(14-19)30-2/h4-6,10,13-14,17,21H,3,7-9,11-12,15-16H2,1-2H3,(H,25,29)/t21-/m0/s1. The number of ether oxygens (including phenoxy) is 2. The van der Waals surface area contributed by atoms with E-state index in [0.717, 1.165) is 37.0 Å². The Morgan fingerprint density at radius 2 is 2.06 bits per heavy atom. The first-order valence-corrected chi connectivity index (χ1v) is 12.2. The van der Waals surface area contributed by atoms with E-state index in [0.29, 0.717) is 25.4 Å². The number of carbonyl (C=O) groups excluding carboxylic acids is 2. The Labute approximate surface area is 193 Å². The first-order valence-electron chi connectivity index (χ1n) is 11.3. The summed E-state index contributed by atoms with van der Waals surface area (Å²) in [6.07, 6.45) is 3.63. The molecule has 1 saturated carbocycles. The molecule has 1 aromatic carbocycles. The summed E-state index contributed by atoms with van der Waals surface area (Å²) in [7, 11) is 1.63. The lowest BCUT2D eigenvalue weighted by Gasteiger charge is -2.37. The molecule has 4 rings (SSSR count). The zero-order chi connectivity index (χ0) is 22.5. The Hall–Kier alpha value is -2.74. The van der Waals surface area contributed by atoms with Crippen molar-refractivity contribution in [1.82, 2.24) is 15.1 Å². The van der Waals surface area contributed by atoms with Crippen LogP contribution >= 0.6 is 11.3 Å². The van der Waals surface area contributed by atoms with E-state index in [9.17, 15) is 9.59 Å². The number of hydrogen-bond acceptors (Lipinski definition) is 5. The predicted octanol–water partition coefficient (Wildman–Crippen LogP) is 3.85. The van der Waals surface area contributed by atoms with Crippen molar-refractivity contribution >= 4 is 23.3 Å². The average Bonchev–Trinajstić information content (AvgIpc) is 3.54. The number of hydrogen-bond donors (Lipinski definition) is 1. The summed E-state index contributed by atoms with van der Waals surface area (Å²) in [4.78, 5) is 30.9. The predicted molar refractivity (Wildman–Crippen MR) is 124 cm³/mol. The molecule has 1 aromatic heterocycles. The van der Waals surface area contributed by atoms with Gasteiger partial charge in [0.25, 0.3) is 0 Å². The highest BCUT2D eigenvalue weighted by molar-refractivity contribution is 7.10. The Bertz CT molecular complexity index is 943. The molecule has 1 aliphatic heterocycles. The van der Waals surface area contributed by atoms with E-state index >= 15 is 0 Å². The summed E-state index contributed by atoms with van der Waals surface area (Å²) >= 11 is 1.73. The van der Waals surface area contributed by atoms with Crippen molar-refractivity contribution in [1.29, 1.82) is 0 Å². The van der Waals surface area contributed by atoms with Crippen LogP contribution in [0.3, 0.4) is 0 Å². The molecule has 1 aliphatic carbocycles. The molecule has 1 atom stereocenters. The second-order valence-corrected chi connectivity index (χ2v) is 9.23. The number of urea groups is 1. The number of nitrogens with zero attached hydrogens (tertiary/aromatic N) is 2. The molecule has 3 amide bonds. The maximum absolute atomic E-state index is 13.4. The van der Waals surface area contributed by atoms with Gasteiger partial charge in [-0.05, 0) is 54.8 Å². The van der Waals surface area contributed by atoms with Crippen molar-refractivity contribution in [3.63, 3.8) is 0 Å². The number of methoxy groups -OCH3 is 1. The van der Waals surface area contributed by atoms with Crippen LogP contribution in [0.5, 0.6) is 11.5 Å². The maximum Gasteiger partial charge on any atom is 0.318 e. The topological polar surface area (TPSA) is 71.1 Å². The zero-order valence-electron chi connectivity index (χ0n) is 18.7. The average molecular weight is 458 g/mol. The Balaban J connectivity index is 1.48. The Kier molecular flexibility index (Phi) is 7.19. The van der Waals surface area contributed by atoms with E-state index in [1.54, 1.807) is 23.3 Å². The molecule has 0 bridgehead atoms. The van der Waals surface area contributed by atoms with E-state index < -0.39 is 0 Å². The van der Waals surface area contributed by atoms with E-state index in [1.165, 1.54) is 4.88 Å². The van der Waals surface area contributed by atoms with Gasteiger partial charge < -0.3 is 24.6 Å². The minimum Gasteiger partial charge on any atom is -0.497 e. The summed E-state index contributed by atoms with van der Waals surface area (Å²) in [6, 6.07) is 9.43. The Morgan fingerprint density at radius 1 is 1.25 bits per heavy atom. The molecule has 0 unspecified atom stereocenters. The smallest absolute Gasteiger partial charge is 0.318 e. The molecule has 1 N–H and O–H groups in total. The van der Waals surface area contributed by atoms with E-state index in [-0.39, 0.29) is 30.6 Å². The van der Waals surface area contributed by atoms with Gasteiger partial charge >= 0.3 is 6.03 Å². The molecular formula is C24H31N3O4S. The normalized spacial score (nSPS) is 17.4. The van der Waals surface area contributed by atoms with Gasteiger partial charge in [0.05, 0.1) is 13.2 Å². The first-order chi connectivity index (χ1) is 15.6. The van der Waals surface area contributed by atoms with Gasteiger partial charge in [0.15, 0.2) is 0 Å². The van der Waals surface area contributed by atoms with Crippen LogP contribution in [-0.4, -0.2) is 61.1 Å². The van der Waals surface area contributed by atoms with Gasteiger partial charge in [0, 0.05) is 30.1 Å². The van der Waals surface area contributed by atoms with Gasteiger partial charge in [-0.25, -0.2) is 4.79 Å². The highest BCUT2D eigenvalue weighted by Gasteiger charge is 2.37. The van der Waals surface area contributed by atoms with Crippen LogP contribution in [0.25, 0.3) is 0 Å². The molecule has 0 radical (unpaired) electrons. The summed E-state index contributed by atoms with van der Waals surface area (Å²) in [6.45, 7) is 3.73. The van der Waals surface area contributed by atoms with Crippen LogP contribution in [0.4, 0.5) is 4.79 Å². The fraction of sp³-hybridized carbons (Fsp3) is 0.500. The third-order valence-electron chi connectivity index (χ3n) is 5.94. The molecule has 2 aliphatic rings. The van der Waals surface area contributed by atoms with Crippen LogP contribution < -0.4 is 14.8 Å². The minimum atomic E-state index is -0.177. The zero-order valence-corrected chi connectivity index (χ0v) is 19.5.